The number of pyridine rings is 1. The van der Waals surface area contributed by atoms with Gasteiger partial charge in [0.25, 0.3) is 21.7 Å². The van der Waals surface area contributed by atoms with Gasteiger partial charge in [-0.15, -0.1) is 0 Å². The number of nitrogens with one attached hydrogen (secondary N) is 1. The number of amides is 4. The fraction of sp³-hybridized carbons (Fsp3) is 0.200. The number of hydrogen-bond acceptors (Lipinski definition) is 6. The number of urea groups is 1. The van der Waals surface area contributed by atoms with Crippen molar-refractivity contribution in [1.82, 2.24) is 9.88 Å². The van der Waals surface area contributed by atoms with E-state index >= 15 is 0 Å². The van der Waals surface area contributed by atoms with Gasteiger partial charge < -0.3 is 10.2 Å². The molecule has 1 aliphatic carbocycles. The Morgan fingerprint density at radius 2 is 1.66 bits per heavy atom. The average Bonchev–Trinajstić information content (AvgIpc) is 3.66. The normalized spacial score (nSPS) is 16.7. The zero-order chi connectivity index (χ0) is 27.3. The summed E-state index contributed by atoms with van der Waals surface area (Å²) in [5.74, 6) is -0.665. The van der Waals surface area contributed by atoms with E-state index in [0.29, 0.717) is 36.1 Å². The molecule has 4 amide bonds. The van der Waals surface area contributed by atoms with Gasteiger partial charge in [0.05, 0.1) is 10.6 Å². The van der Waals surface area contributed by atoms with Crippen LogP contribution in [0.15, 0.2) is 77.8 Å². The van der Waals surface area contributed by atoms with Crippen molar-refractivity contribution in [2.24, 2.45) is 0 Å². The van der Waals surface area contributed by atoms with E-state index < -0.39 is 37.7 Å². The Hall–Kier alpha value is -4.26. The summed E-state index contributed by atoms with van der Waals surface area (Å²) in [4.78, 5) is 44.3. The number of hydrogen-bond donors (Lipinski definition) is 1. The van der Waals surface area contributed by atoms with Crippen molar-refractivity contribution in [1.29, 1.82) is 0 Å². The number of imide groups is 1. The second-order valence-corrected chi connectivity index (χ2v) is 10.8. The Kier molecular flexibility index (Phi) is 5.97. The van der Waals surface area contributed by atoms with Gasteiger partial charge in [0, 0.05) is 18.3 Å². The lowest BCUT2D eigenvalue weighted by Gasteiger charge is -2.21. The molecule has 38 heavy (non-hydrogen) atoms. The molecule has 1 saturated carbocycles. The van der Waals surface area contributed by atoms with E-state index in [4.69, 9.17) is 0 Å². The number of rotatable bonds is 6. The van der Waals surface area contributed by atoms with Crippen LogP contribution in [0.4, 0.5) is 29.5 Å². The second kappa shape index (κ2) is 8.94. The van der Waals surface area contributed by atoms with E-state index in [1.54, 1.807) is 42.5 Å². The predicted octanol–water partition coefficient (Wildman–Crippen LogP) is 4.13. The molecule has 2 heterocycles. The quantitative estimate of drug-likeness (QED) is 0.467. The van der Waals surface area contributed by atoms with Crippen molar-refractivity contribution in [3.63, 3.8) is 0 Å². The summed E-state index contributed by atoms with van der Waals surface area (Å²) >= 11 is 0. The highest BCUT2D eigenvalue weighted by molar-refractivity contribution is 7.92. The van der Waals surface area contributed by atoms with Crippen LogP contribution in [-0.4, -0.2) is 47.2 Å². The highest BCUT2D eigenvalue weighted by Gasteiger charge is 2.65. The summed E-state index contributed by atoms with van der Waals surface area (Å²) in [6, 6.07) is 14.4. The van der Waals surface area contributed by atoms with E-state index in [0.717, 1.165) is 17.0 Å². The maximum absolute atomic E-state index is 13.3. The number of nitrogens with zero attached hydrogens (tertiary/aromatic N) is 3. The number of benzene rings is 2. The minimum absolute atomic E-state index is 0.0122. The monoisotopic (exact) mass is 544 g/mol. The molecule has 1 aliphatic heterocycles. The summed E-state index contributed by atoms with van der Waals surface area (Å²) in [5, 5.41) is 2.68. The number of sulfone groups is 1. The molecule has 0 bridgehead atoms. The van der Waals surface area contributed by atoms with Gasteiger partial charge in [-0.3, -0.25) is 9.59 Å². The van der Waals surface area contributed by atoms with Crippen molar-refractivity contribution in [3.05, 3.63) is 84.1 Å². The smallest absolute Gasteiger partial charge is 0.307 e. The van der Waals surface area contributed by atoms with Crippen LogP contribution in [0.1, 0.15) is 28.8 Å². The topological polar surface area (TPSA) is 117 Å². The van der Waals surface area contributed by atoms with Gasteiger partial charge in [0.2, 0.25) is 0 Å². The molecule has 9 nitrogen and oxygen atoms in total. The highest BCUT2D eigenvalue weighted by Crippen LogP contribution is 2.49. The van der Waals surface area contributed by atoms with Crippen LogP contribution in [0.5, 0.6) is 0 Å². The van der Waals surface area contributed by atoms with Gasteiger partial charge in [0.15, 0.2) is 0 Å². The van der Waals surface area contributed by atoms with Gasteiger partial charge >= 0.3 is 11.5 Å². The number of aromatic nitrogens is 1. The summed E-state index contributed by atoms with van der Waals surface area (Å²) in [6.45, 7) is 0.0122. The molecule has 3 aromatic rings. The third kappa shape index (κ3) is 4.28. The van der Waals surface area contributed by atoms with Crippen LogP contribution in [0.25, 0.3) is 0 Å². The fourth-order valence-corrected chi connectivity index (χ4v) is 5.03. The SMILES string of the molecule is O=C(Nc1cc(CN2C(=O)N(c3ccc(S(=O)(=O)C(F)(F)F)cc3)C(=O)C23CC3)ccn1)c1ccccc1. The van der Waals surface area contributed by atoms with Crippen LogP contribution >= 0.6 is 0 Å². The molecule has 13 heteroatoms. The molecule has 1 saturated heterocycles. The van der Waals surface area contributed by atoms with E-state index in [9.17, 15) is 36.0 Å². The molecule has 2 fully saturated rings. The van der Waals surface area contributed by atoms with Crippen LogP contribution < -0.4 is 10.2 Å². The molecule has 2 aliphatic rings. The Labute approximate surface area is 214 Å². The van der Waals surface area contributed by atoms with Gasteiger partial charge in [-0.05, 0) is 66.9 Å². The number of carbonyl (C=O) groups excluding carboxylic acids is 3. The zero-order valence-electron chi connectivity index (χ0n) is 19.5. The Bertz CT molecular complexity index is 1540. The Balaban J connectivity index is 1.36. The molecule has 196 valence electrons. The van der Waals surface area contributed by atoms with E-state index in [1.165, 1.54) is 11.1 Å². The van der Waals surface area contributed by atoms with Crippen molar-refractivity contribution < 1.29 is 36.0 Å². The van der Waals surface area contributed by atoms with Crippen molar-refractivity contribution in [2.45, 2.75) is 35.3 Å². The maximum Gasteiger partial charge on any atom is 0.501 e. The first-order valence-electron chi connectivity index (χ1n) is 11.3. The van der Waals surface area contributed by atoms with E-state index in [2.05, 4.69) is 10.3 Å². The molecule has 1 N–H and O–H groups in total. The average molecular weight is 545 g/mol. The summed E-state index contributed by atoms with van der Waals surface area (Å²) in [5.41, 5.74) is -5.59. The minimum Gasteiger partial charge on any atom is -0.307 e. The zero-order valence-corrected chi connectivity index (χ0v) is 20.3. The lowest BCUT2D eigenvalue weighted by molar-refractivity contribution is -0.120. The van der Waals surface area contributed by atoms with Gasteiger partial charge in [-0.2, -0.15) is 13.2 Å². The third-order valence-electron chi connectivity index (χ3n) is 6.42. The standard InChI is InChI=1S/C25H19F3N4O5S/c26-25(27,28)38(36,37)19-8-6-18(7-9-19)32-22(34)24(11-12-24)31(23(32)35)15-16-10-13-29-20(14-16)30-21(33)17-4-2-1-3-5-17/h1-10,13-14H,11-12,15H2,(H,29,30,33). The third-order valence-corrected chi connectivity index (χ3v) is 7.92. The van der Waals surface area contributed by atoms with Gasteiger partial charge in [0.1, 0.15) is 11.4 Å². The highest BCUT2D eigenvalue weighted by atomic mass is 32.2. The van der Waals surface area contributed by atoms with Gasteiger partial charge in [-0.1, -0.05) is 18.2 Å². The maximum atomic E-state index is 13.3. The van der Waals surface area contributed by atoms with Crippen molar-refractivity contribution in [3.8, 4) is 0 Å². The lowest BCUT2D eigenvalue weighted by Crippen LogP contribution is -2.36. The summed E-state index contributed by atoms with van der Waals surface area (Å²) in [6.07, 6.45) is 2.25. The van der Waals surface area contributed by atoms with Crippen LogP contribution in [0, 0.1) is 0 Å². The first-order valence-corrected chi connectivity index (χ1v) is 12.8. The molecule has 0 atom stereocenters. The molecule has 0 radical (unpaired) electrons. The number of alkyl halides is 3. The molecule has 0 unspecified atom stereocenters. The van der Waals surface area contributed by atoms with Crippen molar-refractivity contribution in [2.75, 3.05) is 10.2 Å². The molecule has 5 rings (SSSR count). The molecular weight excluding hydrogens is 525 g/mol. The minimum atomic E-state index is -5.57. The van der Waals surface area contributed by atoms with E-state index in [1.807, 2.05) is 0 Å². The molecular formula is C25H19F3N4O5S. The molecule has 1 spiro atoms. The first kappa shape index (κ1) is 25.4. The first-order chi connectivity index (χ1) is 17.9. The summed E-state index contributed by atoms with van der Waals surface area (Å²) in [7, 11) is -5.57. The van der Waals surface area contributed by atoms with Crippen LogP contribution in [-0.2, 0) is 21.2 Å². The number of anilines is 2. The number of halogens is 3. The van der Waals surface area contributed by atoms with Crippen LogP contribution in [0.2, 0.25) is 0 Å². The Morgan fingerprint density at radius 1 is 1.00 bits per heavy atom. The fourth-order valence-electron chi connectivity index (χ4n) is 4.27. The lowest BCUT2D eigenvalue weighted by atomic mass is 10.2. The largest absolute Gasteiger partial charge is 0.501 e. The van der Waals surface area contributed by atoms with Gasteiger partial charge in [-0.25, -0.2) is 23.1 Å². The second-order valence-electron chi connectivity index (χ2n) is 8.85. The van der Waals surface area contributed by atoms with Crippen LogP contribution in [0.3, 0.4) is 0 Å². The molecule has 1 aromatic heterocycles. The Morgan fingerprint density at radius 3 is 2.26 bits per heavy atom. The molecule has 2 aromatic carbocycles. The predicted molar refractivity (Wildman–Crippen MR) is 129 cm³/mol. The van der Waals surface area contributed by atoms with E-state index in [-0.39, 0.29) is 24.0 Å². The number of carbonyl (C=O) groups is 3. The van der Waals surface area contributed by atoms with Crippen molar-refractivity contribution >= 4 is 39.2 Å². The summed E-state index contributed by atoms with van der Waals surface area (Å²) < 4.78 is 61.9.